The molecule has 2 N–H and O–H groups in total. The van der Waals surface area contributed by atoms with Crippen molar-refractivity contribution < 1.29 is 26.7 Å². The minimum Gasteiger partial charge on any atom is -0.480 e. The van der Waals surface area contributed by atoms with Crippen molar-refractivity contribution >= 4 is 25.8 Å². The van der Waals surface area contributed by atoms with E-state index in [0.717, 1.165) is 0 Å². The molecule has 0 spiro atoms. The summed E-state index contributed by atoms with van der Waals surface area (Å²) in [4.78, 5) is 10.8. The number of carboxylic acids is 1. The Balaban J connectivity index is 2.77. The Morgan fingerprint density at radius 1 is 1.42 bits per heavy atom. The van der Waals surface area contributed by atoms with Gasteiger partial charge in [0, 0.05) is 6.42 Å². The Bertz CT molecular complexity index is 572. The molecule has 1 unspecified atom stereocenters. The van der Waals surface area contributed by atoms with Gasteiger partial charge in [-0.2, -0.15) is 4.72 Å². The first-order chi connectivity index (χ1) is 8.68. The van der Waals surface area contributed by atoms with Crippen LogP contribution in [0.4, 0.5) is 0 Å². The average molecular weight is 309 g/mol. The predicted molar refractivity (Wildman–Crippen MR) is 68.6 cm³/mol. The number of aliphatic carboxylic acids is 1. The fourth-order valence-electron chi connectivity index (χ4n) is 1.77. The summed E-state index contributed by atoms with van der Waals surface area (Å²) in [6.45, 7) is 0. The van der Waals surface area contributed by atoms with Gasteiger partial charge >= 0.3 is 5.97 Å². The molecule has 1 aliphatic rings. The van der Waals surface area contributed by atoms with Gasteiger partial charge in [0.15, 0.2) is 0 Å². The number of carbonyl (C=O) groups is 1. The van der Waals surface area contributed by atoms with Gasteiger partial charge in [-0.1, -0.05) is 0 Å². The number of nitrogens with one attached hydrogen (secondary N) is 1. The molecule has 0 aromatic heterocycles. The van der Waals surface area contributed by atoms with Crippen molar-refractivity contribution in [2.75, 3.05) is 11.5 Å². The minimum atomic E-state index is -3.89. The molecule has 0 radical (unpaired) electrons. The summed E-state index contributed by atoms with van der Waals surface area (Å²) in [5.41, 5.74) is 0. The molecule has 19 heavy (non-hydrogen) atoms. The number of terminal acetylenes is 1. The van der Waals surface area contributed by atoms with Gasteiger partial charge in [0.1, 0.15) is 15.9 Å². The third-order valence-electron chi connectivity index (χ3n) is 2.87. The third kappa shape index (κ3) is 4.49. The lowest BCUT2D eigenvalue weighted by Gasteiger charge is -2.23. The Morgan fingerprint density at radius 2 is 1.95 bits per heavy atom. The molecule has 0 aliphatic carbocycles. The number of rotatable bonds is 5. The first-order valence-corrected chi connectivity index (χ1v) is 8.92. The maximum atomic E-state index is 11.9. The lowest BCUT2D eigenvalue weighted by atomic mass is 10.2. The zero-order chi connectivity index (χ0) is 14.7. The normalized spacial score (nSPS) is 21.4. The summed E-state index contributed by atoms with van der Waals surface area (Å²) < 4.78 is 48.4. The largest absolute Gasteiger partial charge is 0.480 e. The van der Waals surface area contributed by atoms with Crippen LogP contribution in [-0.2, 0) is 24.7 Å². The molecule has 1 atom stereocenters. The van der Waals surface area contributed by atoms with Crippen molar-refractivity contribution in [3.63, 3.8) is 0 Å². The fraction of sp³-hybridized carbons (Fsp3) is 0.700. The molecular formula is C10H15NO6S2. The topological polar surface area (TPSA) is 118 Å². The van der Waals surface area contributed by atoms with E-state index < -0.39 is 37.1 Å². The molecule has 108 valence electrons. The second-order valence-corrected chi connectivity index (χ2v) is 8.61. The zero-order valence-corrected chi connectivity index (χ0v) is 11.7. The molecule has 1 rings (SSSR count). The number of hydrogen-bond donors (Lipinski definition) is 2. The molecule has 1 fully saturated rings. The summed E-state index contributed by atoms with van der Waals surface area (Å²) in [5, 5.41) is 7.94. The summed E-state index contributed by atoms with van der Waals surface area (Å²) in [6, 6.07) is -1.38. The second-order valence-electron chi connectivity index (χ2n) is 4.31. The van der Waals surface area contributed by atoms with Crippen LogP contribution in [0.15, 0.2) is 0 Å². The predicted octanol–water partition coefficient (Wildman–Crippen LogP) is -1.04. The van der Waals surface area contributed by atoms with Crippen molar-refractivity contribution in [2.45, 2.75) is 30.6 Å². The molecule has 9 heteroatoms. The molecule has 1 heterocycles. The van der Waals surface area contributed by atoms with Crippen molar-refractivity contribution in [1.82, 2.24) is 4.72 Å². The van der Waals surface area contributed by atoms with E-state index in [0.29, 0.717) is 0 Å². The van der Waals surface area contributed by atoms with Gasteiger partial charge < -0.3 is 5.11 Å². The van der Waals surface area contributed by atoms with Crippen LogP contribution in [0.2, 0.25) is 0 Å². The third-order valence-corrected chi connectivity index (χ3v) is 6.54. The SMILES string of the molecule is C#CCC(NS(=O)(=O)C1CCS(=O)(=O)CC1)C(=O)O. The van der Waals surface area contributed by atoms with E-state index in [-0.39, 0.29) is 30.8 Å². The summed E-state index contributed by atoms with van der Waals surface area (Å²) in [5.74, 6) is 0.322. The molecule has 1 aliphatic heterocycles. The highest BCUT2D eigenvalue weighted by molar-refractivity contribution is 7.92. The van der Waals surface area contributed by atoms with Gasteiger partial charge in [-0.3, -0.25) is 4.79 Å². The van der Waals surface area contributed by atoms with Crippen LogP contribution in [0, 0.1) is 12.3 Å². The van der Waals surface area contributed by atoms with Crippen molar-refractivity contribution in [2.24, 2.45) is 0 Å². The second kappa shape index (κ2) is 5.90. The van der Waals surface area contributed by atoms with Gasteiger partial charge in [-0.05, 0) is 12.8 Å². The van der Waals surface area contributed by atoms with Gasteiger partial charge in [-0.25, -0.2) is 16.8 Å². The number of carboxylic acid groups (broad SMARTS) is 1. The zero-order valence-electron chi connectivity index (χ0n) is 10.1. The van der Waals surface area contributed by atoms with Crippen LogP contribution in [0.1, 0.15) is 19.3 Å². The molecule has 0 amide bonds. The quantitative estimate of drug-likeness (QED) is 0.626. The van der Waals surface area contributed by atoms with Crippen LogP contribution in [0.3, 0.4) is 0 Å². The highest BCUT2D eigenvalue weighted by Gasteiger charge is 2.35. The van der Waals surface area contributed by atoms with E-state index >= 15 is 0 Å². The van der Waals surface area contributed by atoms with Crippen LogP contribution in [0.5, 0.6) is 0 Å². The van der Waals surface area contributed by atoms with Crippen LogP contribution in [-0.4, -0.2) is 50.7 Å². The maximum absolute atomic E-state index is 11.9. The van der Waals surface area contributed by atoms with Crippen molar-refractivity contribution in [3.05, 3.63) is 0 Å². The maximum Gasteiger partial charge on any atom is 0.322 e. The first-order valence-electron chi connectivity index (χ1n) is 5.56. The monoisotopic (exact) mass is 309 g/mol. The highest BCUT2D eigenvalue weighted by atomic mass is 32.2. The molecule has 0 saturated carbocycles. The molecular weight excluding hydrogens is 294 g/mol. The lowest BCUT2D eigenvalue weighted by Crippen LogP contribution is -2.47. The van der Waals surface area contributed by atoms with Gasteiger partial charge in [0.2, 0.25) is 10.0 Å². The van der Waals surface area contributed by atoms with Crippen LogP contribution in [0.25, 0.3) is 0 Å². The van der Waals surface area contributed by atoms with Crippen LogP contribution >= 0.6 is 0 Å². The molecule has 0 aromatic rings. The Labute approximate surface area is 112 Å². The summed E-state index contributed by atoms with van der Waals surface area (Å²) in [7, 11) is -7.06. The summed E-state index contributed by atoms with van der Waals surface area (Å²) >= 11 is 0. The smallest absolute Gasteiger partial charge is 0.322 e. The number of sulfonamides is 1. The molecule has 0 bridgehead atoms. The molecule has 0 aromatic carbocycles. The van der Waals surface area contributed by atoms with E-state index in [1.807, 2.05) is 4.72 Å². The average Bonchev–Trinajstić information content (AvgIpc) is 2.27. The van der Waals surface area contributed by atoms with Gasteiger partial charge in [0.05, 0.1) is 16.8 Å². The van der Waals surface area contributed by atoms with Gasteiger partial charge in [-0.15, -0.1) is 12.3 Å². The number of hydrogen-bond acceptors (Lipinski definition) is 5. The first kappa shape index (κ1) is 15.9. The number of sulfone groups is 1. The summed E-state index contributed by atoms with van der Waals surface area (Å²) in [6.07, 6.45) is 4.65. The van der Waals surface area contributed by atoms with Crippen molar-refractivity contribution in [1.29, 1.82) is 0 Å². The van der Waals surface area contributed by atoms with E-state index in [2.05, 4.69) is 5.92 Å². The van der Waals surface area contributed by atoms with E-state index in [1.54, 1.807) is 0 Å². The fourth-order valence-corrected chi connectivity index (χ4v) is 5.19. The van der Waals surface area contributed by atoms with E-state index in [1.165, 1.54) is 0 Å². The van der Waals surface area contributed by atoms with Crippen LogP contribution < -0.4 is 4.72 Å². The lowest BCUT2D eigenvalue weighted by molar-refractivity contribution is -0.138. The Hall–Kier alpha value is -1.11. The highest BCUT2D eigenvalue weighted by Crippen LogP contribution is 2.19. The Kier molecular flexibility index (Phi) is 4.95. The standard InChI is InChI=1S/C10H15NO6S2/c1-2-3-9(10(12)13)11-19(16,17)8-4-6-18(14,15)7-5-8/h1,8-9,11H,3-7H2,(H,12,13). The Morgan fingerprint density at radius 3 is 2.37 bits per heavy atom. The minimum absolute atomic E-state index is 0.0277. The molecule has 7 nitrogen and oxygen atoms in total. The molecule has 1 saturated heterocycles. The van der Waals surface area contributed by atoms with E-state index in [4.69, 9.17) is 11.5 Å². The van der Waals surface area contributed by atoms with E-state index in [9.17, 15) is 21.6 Å². The van der Waals surface area contributed by atoms with Crippen molar-refractivity contribution in [3.8, 4) is 12.3 Å². The van der Waals surface area contributed by atoms with Gasteiger partial charge in [0.25, 0.3) is 0 Å².